The Labute approximate surface area is 142 Å². The molecule has 0 aliphatic rings. The van der Waals surface area contributed by atoms with E-state index in [4.69, 9.17) is 9.15 Å². The number of anilines is 1. The number of esters is 1. The standard InChI is InChI=1S/C17H15N3O5/c1-9(21)19-10-4-5-14-12(6-10)20-16(25-14)11-7-13(17(22)24-3)18-8-15(11)23-2/h4-8H,1-3H3,(H,19,21). The fourth-order valence-corrected chi connectivity index (χ4v) is 2.31. The summed E-state index contributed by atoms with van der Waals surface area (Å²) < 4.78 is 15.7. The van der Waals surface area contributed by atoms with Gasteiger partial charge in [0, 0.05) is 12.6 Å². The first kappa shape index (κ1) is 16.4. The molecule has 0 atom stereocenters. The first-order chi connectivity index (χ1) is 12.0. The molecule has 3 rings (SSSR count). The second kappa shape index (κ2) is 6.60. The van der Waals surface area contributed by atoms with Gasteiger partial charge in [-0.05, 0) is 24.3 Å². The number of pyridine rings is 1. The van der Waals surface area contributed by atoms with Crippen LogP contribution in [0.5, 0.6) is 5.75 Å². The zero-order chi connectivity index (χ0) is 18.0. The highest BCUT2D eigenvalue weighted by Crippen LogP contribution is 2.32. The Morgan fingerprint density at radius 1 is 1.20 bits per heavy atom. The molecule has 0 aliphatic heterocycles. The SMILES string of the molecule is COC(=O)c1cc(-c2nc3cc(NC(C)=O)ccc3o2)c(OC)cn1. The average Bonchev–Trinajstić information content (AvgIpc) is 3.03. The minimum absolute atomic E-state index is 0.111. The number of rotatable bonds is 4. The number of aromatic nitrogens is 2. The van der Waals surface area contributed by atoms with E-state index in [0.29, 0.717) is 28.1 Å². The van der Waals surface area contributed by atoms with E-state index in [9.17, 15) is 9.59 Å². The predicted molar refractivity (Wildman–Crippen MR) is 89.4 cm³/mol. The van der Waals surface area contributed by atoms with Crippen LogP contribution in [-0.4, -0.2) is 36.1 Å². The normalized spacial score (nSPS) is 10.5. The van der Waals surface area contributed by atoms with Gasteiger partial charge in [0.1, 0.15) is 17.0 Å². The van der Waals surface area contributed by atoms with Crippen molar-refractivity contribution in [2.24, 2.45) is 0 Å². The lowest BCUT2D eigenvalue weighted by Crippen LogP contribution is -2.05. The van der Waals surface area contributed by atoms with Crippen molar-refractivity contribution in [3.63, 3.8) is 0 Å². The molecule has 0 spiro atoms. The number of methoxy groups -OCH3 is 2. The van der Waals surface area contributed by atoms with Crippen molar-refractivity contribution < 1.29 is 23.5 Å². The number of hydrogen-bond acceptors (Lipinski definition) is 7. The molecule has 0 saturated carbocycles. The molecule has 1 N–H and O–H groups in total. The maximum atomic E-state index is 11.7. The Bertz CT molecular complexity index is 964. The summed E-state index contributed by atoms with van der Waals surface area (Å²) in [6, 6.07) is 6.59. The van der Waals surface area contributed by atoms with E-state index in [2.05, 4.69) is 20.0 Å². The van der Waals surface area contributed by atoms with E-state index in [0.717, 1.165) is 0 Å². The summed E-state index contributed by atoms with van der Waals surface area (Å²) in [5, 5.41) is 2.68. The molecular formula is C17H15N3O5. The van der Waals surface area contributed by atoms with E-state index in [1.807, 2.05) is 0 Å². The summed E-state index contributed by atoms with van der Waals surface area (Å²) >= 11 is 0. The summed E-state index contributed by atoms with van der Waals surface area (Å²) in [6.45, 7) is 1.43. The van der Waals surface area contributed by atoms with Gasteiger partial charge in [0.25, 0.3) is 0 Å². The number of amides is 1. The van der Waals surface area contributed by atoms with Gasteiger partial charge in [-0.3, -0.25) is 4.79 Å². The molecule has 2 aromatic heterocycles. The highest BCUT2D eigenvalue weighted by molar-refractivity contribution is 5.92. The number of nitrogens with zero attached hydrogens (tertiary/aromatic N) is 2. The summed E-state index contributed by atoms with van der Waals surface area (Å²) in [6.07, 6.45) is 1.40. The topological polar surface area (TPSA) is 104 Å². The van der Waals surface area contributed by atoms with Gasteiger partial charge in [0.15, 0.2) is 5.58 Å². The van der Waals surface area contributed by atoms with Crippen molar-refractivity contribution in [1.82, 2.24) is 9.97 Å². The van der Waals surface area contributed by atoms with Crippen LogP contribution >= 0.6 is 0 Å². The number of benzene rings is 1. The number of carbonyl (C=O) groups is 2. The molecule has 8 heteroatoms. The third-order valence-electron chi connectivity index (χ3n) is 3.42. The van der Waals surface area contributed by atoms with E-state index >= 15 is 0 Å². The first-order valence-corrected chi connectivity index (χ1v) is 7.32. The maximum absolute atomic E-state index is 11.7. The number of ether oxygens (including phenoxy) is 2. The fraction of sp³-hybridized carbons (Fsp3) is 0.176. The van der Waals surface area contributed by atoms with E-state index in [1.54, 1.807) is 18.2 Å². The molecule has 0 unspecified atom stereocenters. The summed E-state index contributed by atoms with van der Waals surface area (Å²) in [5.74, 6) is -0.0878. The zero-order valence-electron chi connectivity index (χ0n) is 13.8. The van der Waals surface area contributed by atoms with Gasteiger partial charge in [-0.2, -0.15) is 0 Å². The van der Waals surface area contributed by atoms with E-state index < -0.39 is 5.97 Å². The van der Waals surface area contributed by atoms with Crippen molar-refractivity contribution in [3.05, 3.63) is 36.2 Å². The third-order valence-corrected chi connectivity index (χ3v) is 3.42. The lowest BCUT2D eigenvalue weighted by Gasteiger charge is -2.06. The quantitative estimate of drug-likeness (QED) is 0.727. The van der Waals surface area contributed by atoms with Crippen LogP contribution in [0.1, 0.15) is 17.4 Å². The largest absolute Gasteiger partial charge is 0.494 e. The predicted octanol–water partition coefficient (Wildman–Crippen LogP) is 2.64. The van der Waals surface area contributed by atoms with Crippen molar-refractivity contribution in [2.75, 3.05) is 19.5 Å². The van der Waals surface area contributed by atoms with Gasteiger partial charge in [-0.25, -0.2) is 14.8 Å². The minimum Gasteiger partial charge on any atom is -0.494 e. The van der Waals surface area contributed by atoms with Crippen LogP contribution in [-0.2, 0) is 9.53 Å². The molecule has 128 valence electrons. The number of carbonyl (C=O) groups excluding carboxylic acids is 2. The summed E-state index contributed by atoms with van der Waals surface area (Å²) in [4.78, 5) is 31.3. The molecule has 0 radical (unpaired) electrons. The van der Waals surface area contributed by atoms with E-state index in [1.165, 1.54) is 33.4 Å². The summed E-state index contributed by atoms with van der Waals surface area (Å²) in [5.41, 5.74) is 2.27. The van der Waals surface area contributed by atoms with Gasteiger partial charge in [0.2, 0.25) is 11.8 Å². The molecule has 8 nitrogen and oxygen atoms in total. The molecule has 0 saturated heterocycles. The number of oxazole rings is 1. The van der Waals surface area contributed by atoms with Gasteiger partial charge < -0.3 is 19.2 Å². The van der Waals surface area contributed by atoms with Crippen LogP contribution in [0.2, 0.25) is 0 Å². The maximum Gasteiger partial charge on any atom is 0.356 e. The Kier molecular flexibility index (Phi) is 4.34. The molecular weight excluding hydrogens is 326 g/mol. The Morgan fingerprint density at radius 2 is 2.00 bits per heavy atom. The smallest absolute Gasteiger partial charge is 0.356 e. The molecule has 2 heterocycles. The molecule has 1 amide bonds. The molecule has 3 aromatic rings. The lowest BCUT2D eigenvalue weighted by atomic mass is 10.2. The van der Waals surface area contributed by atoms with Crippen LogP contribution in [0.15, 0.2) is 34.9 Å². The van der Waals surface area contributed by atoms with Gasteiger partial charge >= 0.3 is 5.97 Å². The minimum atomic E-state index is -0.576. The zero-order valence-corrected chi connectivity index (χ0v) is 13.8. The van der Waals surface area contributed by atoms with Crippen LogP contribution in [0, 0.1) is 0 Å². The van der Waals surface area contributed by atoms with Crippen LogP contribution in [0.3, 0.4) is 0 Å². The molecule has 25 heavy (non-hydrogen) atoms. The highest BCUT2D eigenvalue weighted by atomic mass is 16.5. The molecule has 0 bridgehead atoms. The highest BCUT2D eigenvalue weighted by Gasteiger charge is 2.18. The Hall–Kier alpha value is -3.42. The van der Waals surface area contributed by atoms with Crippen LogP contribution in [0.4, 0.5) is 5.69 Å². The second-order valence-electron chi connectivity index (χ2n) is 5.14. The van der Waals surface area contributed by atoms with Crippen molar-refractivity contribution in [3.8, 4) is 17.2 Å². The fourth-order valence-electron chi connectivity index (χ4n) is 2.31. The number of nitrogens with one attached hydrogen (secondary N) is 1. The van der Waals surface area contributed by atoms with E-state index in [-0.39, 0.29) is 17.5 Å². The van der Waals surface area contributed by atoms with Crippen molar-refractivity contribution >= 4 is 28.7 Å². The van der Waals surface area contributed by atoms with Crippen molar-refractivity contribution in [2.45, 2.75) is 6.92 Å². The van der Waals surface area contributed by atoms with Crippen LogP contribution in [0.25, 0.3) is 22.6 Å². The second-order valence-corrected chi connectivity index (χ2v) is 5.14. The Balaban J connectivity index is 2.08. The van der Waals surface area contributed by atoms with Crippen molar-refractivity contribution in [1.29, 1.82) is 0 Å². The monoisotopic (exact) mass is 341 g/mol. The van der Waals surface area contributed by atoms with Crippen LogP contribution < -0.4 is 10.1 Å². The number of fused-ring (bicyclic) bond motifs is 1. The molecule has 0 aliphatic carbocycles. The summed E-state index contributed by atoms with van der Waals surface area (Å²) in [7, 11) is 2.76. The molecule has 1 aromatic carbocycles. The lowest BCUT2D eigenvalue weighted by molar-refractivity contribution is -0.114. The Morgan fingerprint density at radius 3 is 2.68 bits per heavy atom. The molecule has 0 fully saturated rings. The average molecular weight is 341 g/mol. The van der Waals surface area contributed by atoms with Gasteiger partial charge in [-0.1, -0.05) is 0 Å². The number of hydrogen-bond donors (Lipinski definition) is 1. The third kappa shape index (κ3) is 3.27. The first-order valence-electron chi connectivity index (χ1n) is 7.32. The van der Waals surface area contributed by atoms with Gasteiger partial charge in [-0.15, -0.1) is 0 Å². The van der Waals surface area contributed by atoms with Gasteiger partial charge in [0.05, 0.1) is 26.0 Å².